The number of anilines is 1. The Morgan fingerprint density at radius 3 is 2.04 bits per heavy atom. The minimum atomic E-state index is 0.0503. The van der Waals surface area contributed by atoms with Crippen molar-refractivity contribution in [1.29, 1.82) is 0 Å². The van der Waals surface area contributed by atoms with Gasteiger partial charge in [-0.15, -0.1) is 0 Å². The molecule has 0 spiro atoms. The van der Waals surface area contributed by atoms with Gasteiger partial charge in [0, 0.05) is 23.7 Å². The van der Waals surface area contributed by atoms with E-state index in [1.807, 2.05) is 0 Å². The molecule has 25 heavy (non-hydrogen) atoms. The first kappa shape index (κ1) is 20.7. The van der Waals surface area contributed by atoms with E-state index in [0.29, 0.717) is 12.0 Å². The molecule has 0 aliphatic carbocycles. The maximum Gasteiger partial charge on any atom is 0.231 e. The zero-order valence-corrected chi connectivity index (χ0v) is 17.6. The molecule has 1 fully saturated rings. The molecule has 1 saturated heterocycles. The predicted molar refractivity (Wildman–Crippen MR) is 106 cm³/mol. The summed E-state index contributed by atoms with van der Waals surface area (Å²) < 4.78 is 0. The molecule has 0 atom stereocenters. The molecule has 1 aromatic rings. The highest BCUT2D eigenvalue weighted by Gasteiger charge is 2.40. The van der Waals surface area contributed by atoms with Crippen molar-refractivity contribution in [2.45, 2.75) is 90.3 Å². The Morgan fingerprint density at radius 1 is 0.960 bits per heavy atom. The van der Waals surface area contributed by atoms with E-state index in [-0.39, 0.29) is 21.6 Å². The second kappa shape index (κ2) is 8.36. The van der Waals surface area contributed by atoms with Crippen molar-refractivity contribution >= 4 is 29.2 Å². The summed E-state index contributed by atoms with van der Waals surface area (Å²) in [6, 6.07) is 0.336. The number of unbranched alkanes of at least 4 members (excludes halogenated alkanes) is 3. The van der Waals surface area contributed by atoms with E-state index in [1.165, 1.54) is 19.3 Å². The molecular weight excluding hydrogens is 357 g/mol. The summed E-state index contributed by atoms with van der Waals surface area (Å²) in [5.74, 6) is 0.597. The van der Waals surface area contributed by atoms with Gasteiger partial charge in [-0.25, -0.2) is 0 Å². The molecular formula is C18H31Cl2N5. The average Bonchev–Trinajstić information content (AvgIpc) is 2.42. The fourth-order valence-electron chi connectivity index (χ4n) is 4.09. The lowest BCUT2D eigenvalue weighted by atomic mass is 9.79. The molecule has 0 saturated carbocycles. The summed E-state index contributed by atoms with van der Waals surface area (Å²) in [6.07, 6.45) is 6.82. The summed E-state index contributed by atoms with van der Waals surface area (Å²) in [5, 5.41) is 4.04. The molecule has 2 heterocycles. The fraction of sp³-hybridized carbons (Fsp3) is 0.833. The lowest BCUT2D eigenvalue weighted by Crippen LogP contribution is -2.62. The number of nitrogens with zero attached hydrogens (tertiary/aromatic N) is 4. The summed E-state index contributed by atoms with van der Waals surface area (Å²) in [4.78, 5) is 14.9. The molecule has 2 rings (SSSR count). The quantitative estimate of drug-likeness (QED) is 0.675. The number of hydrogen-bond acceptors (Lipinski definition) is 5. The van der Waals surface area contributed by atoms with Gasteiger partial charge in [0.25, 0.3) is 0 Å². The van der Waals surface area contributed by atoms with Gasteiger partial charge in [-0.2, -0.15) is 15.0 Å². The minimum absolute atomic E-state index is 0.0503. The van der Waals surface area contributed by atoms with E-state index in [1.54, 1.807) is 0 Å². The number of halogens is 2. The highest BCUT2D eigenvalue weighted by Crippen LogP contribution is 2.33. The first-order valence-corrected chi connectivity index (χ1v) is 10.0. The summed E-state index contributed by atoms with van der Waals surface area (Å²) in [7, 11) is 0. The monoisotopic (exact) mass is 387 g/mol. The Bertz CT molecular complexity index is 540. The standard InChI is InChI=1S/C18H31Cl2N5/c1-6-7-8-9-10-25(16-22-14(19)21-15(20)23-16)13-11-17(2,3)24-18(4,5)12-13/h13,24H,6-12H2,1-5H3. The molecule has 1 aliphatic heterocycles. The summed E-state index contributed by atoms with van der Waals surface area (Å²) >= 11 is 12.1. The Kier molecular flexibility index (Phi) is 6.91. The van der Waals surface area contributed by atoms with Crippen LogP contribution in [0.5, 0.6) is 0 Å². The first-order chi connectivity index (χ1) is 11.6. The predicted octanol–water partition coefficient (Wildman–Crippen LogP) is 4.87. The SMILES string of the molecule is CCCCCCN(c1nc(Cl)nc(Cl)n1)C1CC(C)(C)NC(C)(C)C1. The van der Waals surface area contributed by atoms with Crippen LogP contribution in [0.1, 0.15) is 73.1 Å². The van der Waals surface area contributed by atoms with Crippen molar-refractivity contribution in [2.24, 2.45) is 0 Å². The number of rotatable bonds is 7. The average molecular weight is 388 g/mol. The summed E-state index contributed by atoms with van der Waals surface area (Å²) in [6.45, 7) is 12.1. The minimum Gasteiger partial charge on any atom is -0.338 e. The van der Waals surface area contributed by atoms with Crippen LogP contribution in [-0.2, 0) is 0 Å². The van der Waals surface area contributed by atoms with Gasteiger partial charge in [0.1, 0.15) is 0 Å². The van der Waals surface area contributed by atoms with E-state index in [4.69, 9.17) is 23.2 Å². The van der Waals surface area contributed by atoms with Crippen molar-refractivity contribution in [2.75, 3.05) is 11.4 Å². The highest BCUT2D eigenvalue weighted by molar-refractivity contribution is 6.31. The van der Waals surface area contributed by atoms with E-state index < -0.39 is 0 Å². The summed E-state index contributed by atoms with van der Waals surface area (Å²) in [5.41, 5.74) is 0.101. The van der Waals surface area contributed by atoms with Crippen LogP contribution in [0.15, 0.2) is 0 Å². The molecule has 1 aromatic heterocycles. The topological polar surface area (TPSA) is 53.9 Å². The molecule has 1 N–H and O–H groups in total. The van der Waals surface area contributed by atoms with E-state index >= 15 is 0 Å². The lowest BCUT2D eigenvalue weighted by molar-refractivity contribution is 0.157. The third-order valence-electron chi connectivity index (χ3n) is 4.69. The number of nitrogens with one attached hydrogen (secondary N) is 1. The molecule has 0 amide bonds. The fourth-order valence-corrected chi connectivity index (χ4v) is 4.44. The lowest BCUT2D eigenvalue weighted by Gasteiger charge is -2.49. The molecule has 142 valence electrons. The second-order valence-corrected chi connectivity index (χ2v) is 9.06. The zero-order valence-electron chi connectivity index (χ0n) is 16.1. The van der Waals surface area contributed by atoms with E-state index in [9.17, 15) is 0 Å². The molecule has 0 aromatic carbocycles. The molecule has 0 unspecified atom stereocenters. The number of hydrogen-bond donors (Lipinski definition) is 1. The second-order valence-electron chi connectivity index (χ2n) is 8.38. The van der Waals surface area contributed by atoms with E-state index in [0.717, 1.165) is 25.8 Å². The van der Waals surface area contributed by atoms with Crippen molar-refractivity contribution in [3.05, 3.63) is 10.6 Å². The maximum absolute atomic E-state index is 6.04. The van der Waals surface area contributed by atoms with Gasteiger partial charge in [-0.05, 0) is 70.2 Å². The normalized spacial score (nSPS) is 19.8. The van der Waals surface area contributed by atoms with Crippen molar-refractivity contribution in [1.82, 2.24) is 20.3 Å². The molecule has 0 radical (unpaired) electrons. The maximum atomic E-state index is 6.04. The largest absolute Gasteiger partial charge is 0.338 e. The molecule has 1 aliphatic rings. The first-order valence-electron chi connectivity index (χ1n) is 9.25. The smallest absolute Gasteiger partial charge is 0.231 e. The van der Waals surface area contributed by atoms with Crippen LogP contribution < -0.4 is 10.2 Å². The van der Waals surface area contributed by atoms with Crippen LogP contribution in [0.2, 0.25) is 10.6 Å². The number of piperidine rings is 1. The van der Waals surface area contributed by atoms with Gasteiger partial charge in [-0.3, -0.25) is 0 Å². The van der Waals surface area contributed by atoms with Gasteiger partial charge < -0.3 is 10.2 Å². The zero-order chi connectivity index (χ0) is 18.7. The Labute approximate surface area is 161 Å². The Balaban J connectivity index is 2.26. The molecule has 7 heteroatoms. The van der Waals surface area contributed by atoms with Crippen LogP contribution in [0, 0.1) is 0 Å². The van der Waals surface area contributed by atoms with Gasteiger partial charge in [0.15, 0.2) is 0 Å². The van der Waals surface area contributed by atoms with Crippen molar-refractivity contribution in [3.63, 3.8) is 0 Å². The Morgan fingerprint density at radius 2 is 1.52 bits per heavy atom. The van der Waals surface area contributed by atoms with Gasteiger partial charge in [0.05, 0.1) is 0 Å². The van der Waals surface area contributed by atoms with Gasteiger partial charge in [-0.1, -0.05) is 26.2 Å². The van der Waals surface area contributed by atoms with Gasteiger partial charge in [0.2, 0.25) is 16.5 Å². The third-order valence-corrected chi connectivity index (χ3v) is 5.03. The molecule has 5 nitrogen and oxygen atoms in total. The van der Waals surface area contributed by atoms with Crippen LogP contribution in [-0.4, -0.2) is 38.6 Å². The highest BCUT2D eigenvalue weighted by atomic mass is 35.5. The molecule has 0 bridgehead atoms. The Hall–Kier alpha value is -0.650. The third kappa shape index (κ3) is 6.22. The van der Waals surface area contributed by atoms with Crippen LogP contribution in [0.3, 0.4) is 0 Å². The van der Waals surface area contributed by atoms with Crippen molar-refractivity contribution < 1.29 is 0 Å². The number of aromatic nitrogens is 3. The van der Waals surface area contributed by atoms with Crippen LogP contribution in [0.4, 0.5) is 5.95 Å². The van der Waals surface area contributed by atoms with Crippen LogP contribution in [0.25, 0.3) is 0 Å². The van der Waals surface area contributed by atoms with E-state index in [2.05, 4.69) is 59.8 Å². The van der Waals surface area contributed by atoms with Gasteiger partial charge >= 0.3 is 0 Å². The van der Waals surface area contributed by atoms with Crippen molar-refractivity contribution in [3.8, 4) is 0 Å². The van der Waals surface area contributed by atoms with Crippen LogP contribution >= 0.6 is 23.2 Å².